The van der Waals surface area contributed by atoms with E-state index in [0.717, 1.165) is 0 Å². The molecule has 0 saturated carbocycles. The molecule has 10 rings (SSSR count). The fourth-order valence-electron chi connectivity index (χ4n) is 10.2. The summed E-state index contributed by atoms with van der Waals surface area (Å²) in [5.74, 6) is 0. The van der Waals surface area contributed by atoms with Gasteiger partial charge >= 0.3 is 0 Å². The van der Waals surface area contributed by atoms with Crippen LogP contribution in [0, 0.1) is 13.8 Å². The van der Waals surface area contributed by atoms with Crippen molar-refractivity contribution >= 4 is 99.4 Å². The molecule has 2 aliphatic heterocycles. The molecule has 2 aromatic heterocycles. The van der Waals surface area contributed by atoms with E-state index in [1.54, 1.807) is 0 Å². The van der Waals surface area contributed by atoms with Crippen LogP contribution < -0.4 is 26.2 Å². The Labute approximate surface area is 384 Å². The number of hydrogen-bond donors (Lipinski definition) is 0. The van der Waals surface area contributed by atoms with Crippen LogP contribution in [0.15, 0.2) is 115 Å². The average Bonchev–Trinajstić information content (AvgIpc) is 3.81. The zero-order valence-electron chi connectivity index (χ0n) is 39.8. The Balaban J connectivity index is 1.33. The lowest BCUT2D eigenvalue weighted by molar-refractivity contribution is 0.589. The average molecular weight is 861 g/mol. The highest BCUT2D eigenvalue weighted by Gasteiger charge is 2.47. The van der Waals surface area contributed by atoms with Crippen LogP contribution in [-0.2, 0) is 21.7 Å². The molecule has 0 unspecified atom stereocenters. The largest absolute Gasteiger partial charge is 0.311 e. The first-order valence-corrected chi connectivity index (χ1v) is 24.5. The van der Waals surface area contributed by atoms with E-state index in [-0.39, 0.29) is 28.4 Å². The summed E-state index contributed by atoms with van der Waals surface area (Å²) in [5, 5.41) is 6.38. The molecule has 4 heterocycles. The van der Waals surface area contributed by atoms with E-state index < -0.39 is 0 Å². The van der Waals surface area contributed by atoms with Gasteiger partial charge in [-0.05, 0) is 156 Å². The fourth-order valence-corrected chi connectivity index (χ4v) is 12.4. The van der Waals surface area contributed by atoms with Crippen molar-refractivity contribution in [3.05, 3.63) is 148 Å². The van der Waals surface area contributed by atoms with E-state index >= 15 is 0 Å². The zero-order valence-corrected chi connectivity index (χ0v) is 41.4. The van der Waals surface area contributed by atoms with Crippen molar-refractivity contribution < 1.29 is 0 Å². The van der Waals surface area contributed by atoms with Gasteiger partial charge < -0.3 is 9.80 Å². The first-order chi connectivity index (χ1) is 29.6. The SMILES string of the molecule is Cc1cc(-c2csc3ccccc23)cc(C)c1N1c2cc(C(C)(C)C)cc3c2B(c2cc(C(C)(C)C)ccc2N3c2ccc(C(C)(C)C)cc2)c2c1sc1ccc(C(C)(C)C)cc21. The number of thiophene rings is 2. The third kappa shape index (κ3) is 6.79. The van der Waals surface area contributed by atoms with Gasteiger partial charge in [-0.2, -0.15) is 0 Å². The van der Waals surface area contributed by atoms with Gasteiger partial charge in [-0.3, -0.25) is 0 Å². The van der Waals surface area contributed by atoms with Crippen molar-refractivity contribution in [3.63, 3.8) is 0 Å². The highest BCUT2D eigenvalue weighted by molar-refractivity contribution is 7.26. The molecular weight excluding hydrogens is 800 g/mol. The molecule has 0 amide bonds. The van der Waals surface area contributed by atoms with Crippen molar-refractivity contribution in [2.45, 2.75) is 119 Å². The van der Waals surface area contributed by atoms with Crippen molar-refractivity contribution in [1.29, 1.82) is 0 Å². The van der Waals surface area contributed by atoms with E-state index in [9.17, 15) is 0 Å². The third-order valence-electron chi connectivity index (χ3n) is 13.8. The Hall–Kier alpha value is -5.10. The van der Waals surface area contributed by atoms with Crippen LogP contribution in [0.1, 0.15) is 116 Å². The molecular formula is C58H61BN2S2. The van der Waals surface area contributed by atoms with Gasteiger partial charge in [-0.1, -0.05) is 138 Å². The number of nitrogens with zero attached hydrogens (tertiary/aromatic N) is 2. The molecule has 0 saturated heterocycles. The lowest BCUT2D eigenvalue weighted by atomic mass is 9.33. The number of fused-ring (bicyclic) bond motifs is 7. The Bertz CT molecular complexity index is 3110. The quantitative estimate of drug-likeness (QED) is 0.163. The molecule has 2 aliphatic rings. The molecule has 0 radical (unpaired) electrons. The second-order valence-electron chi connectivity index (χ2n) is 22.5. The normalized spacial score (nSPS) is 14.1. The van der Waals surface area contributed by atoms with E-state index in [1.165, 1.54) is 115 Å². The second-order valence-corrected chi connectivity index (χ2v) is 24.4. The summed E-state index contributed by atoms with van der Waals surface area (Å²) in [6.45, 7) is 32.9. The standard InChI is InChI=1S/C58H61BN2S2/c1-34-27-36(44-33-62-49-18-16-15-17-42(44)49)28-35(2)53(34)61-48-32-40(58(12,13)14)31-47-52(48)59(51-43-29-38(56(6,7)8)22-26-50(43)63-54(51)61)45-30-39(57(9,10)11)21-25-46(45)60(47)41-23-19-37(20-24-41)55(3,4)5/h15-33H,1-14H3. The topological polar surface area (TPSA) is 6.48 Å². The zero-order chi connectivity index (χ0) is 44.7. The number of hydrogen-bond acceptors (Lipinski definition) is 4. The summed E-state index contributed by atoms with van der Waals surface area (Å²) in [7, 11) is 0. The number of aryl methyl sites for hydroxylation is 2. The molecule has 0 atom stereocenters. The predicted molar refractivity (Wildman–Crippen MR) is 281 cm³/mol. The van der Waals surface area contributed by atoms with Gasteiger partial charge in [-0.25, -0.2) is 0 Å². The maximum atomic E-state index is 2.70. The summed E-state index contributed by atoms with van der Waals surface area (Å²) in [5.41, 5.74) is 21.1. The van der Waals surface area contributed by atoms with Crippen molar-refractivity contribution in [2.24, 2.45) is 0 Å². The summed E-state index contributed by atoms with van der Waals surface area (Å²) in [6, 6.07) is 42.9. The summed E-state index contributed by atoms with van der Waals surface area (Å²) in [6.07, 6.45) is 0. The van der Waals surface area contributed by atoms with Crippen LogP contribution in [0.25, 0.3) is 31.3 Å². The monoisotopic (exact) mass is 860 g/mol. The Kier molecular flexibility index (Phi) is 9.44. The first kappa shape index (κ1) is 41.9. The summed E-state index contributed by atoms with van der Waals surface area (Å²) in [4.78, 5) is 5.29. The molecule has 0 fully saturated rings. The van der Waals surface area contributed by atoms with Gasteiger partial charge in [0.25, 0.3) is 6.71 Å². The minimum Gasteiger partial charge on any atom is -0.311 e. The minimum absolute atomic E-state index is 0.0107. The molecule has 0 aliphatic carbocycles. The molecule has 0 bridgehead atoms. The van der Waals surface area contributed by atoms with Gasteiger partial charge in [0.05, 0.1) is 10.7 Å². The Morgan fingerprint density at radius 3 is 1.68 bits per heavy atom. The van der Waals surface area contributed by atoms with Crippen molar-refractivity contribution in [1.82, 2.24) is 0 Å². The maximum Gasteiger partial charge on any atom is 0.254 e. The van der Waals surface area contributed by atoms with E-state index in [2.05, 4.69) is 221 Å². The van der Waals surface area contributed by atoms with Crippen LogP contribution in [0.5, 0.6) is 0 Å². The number of anilines is 6. The number of benzene rings is 6. The highest BCUT2D eigenvalue weighted by atomic mass is 32.1. The lowest BCUT2D eigenvalue weighted by Gasteiger charge is -2.45. The van der Waals surface area contributed by atoms with E-state index in [0.29, 0.717) is 0 Å². The molecule has 0 N–H and O–H groups in total. The van der Waals surface area contributed by atoms with Gasteiger partial charge in [0.2, 0.25) is 0 Å². The smallest absolute Gasteiger partial charge is 0.254 e. The Morgan fingerprint density at radius 2 is 1.05 bits per heavy atom. The molecule has 6 aromatic carbocycles. The van der Waals surface area contributed by atoms with E-state index in [1.807, 2.05) is 22.7 Å². The molecule has 2 nitrogen and oxygen atoms in total. The van der Waals surface area contributed by atoms with Crippen molar-refractivity contribution in [3.8, 4) is 11.1 Å². The molecule has 63 heavy (non-hydrogen) atoms. The summed E-state index contributed by atoms with van der Waals surface area (Å²) < 4.78 is 2.67. The van der Waals surface area contributed by atoms with Crippen LogP contribution in [-0.4, -0.2) is 6.71 Å². The minimum atomic E-state index is -0.0964. The molecule has 318 valence electrons. The van der Waals surface area contributed by atoms with Gasteiger partial charge in [-0.15, -0.1) is 22.7 Å². The first-order valence-electron chi connectivity index (χ1n) is 22.8. The fraction of sp³-hybridized carbons (Fsp3) is 0.310. The van der Waals surface area contributed by atoms with Gasteiger partial charge in [0, 0.05) is 43.1 Å². The maximum absolute atomic E-state index is 2.70. The third-order valence-corrected chi connectivity index (χ3v) is 15.9. The van der Waals surface area contributed by atoms with Crippen molar-refractivity contribution in [2.75, 3.05) is 9.80 Å². The van der Waals surface area contributed by atoms with E-state index in [4.69, 9.17) is 0 Å². The molecule has 5 heteroatoms. The van der Waals surface area contributed by atoms with Gasteiger partial charge in [0.1, 0.15) is 0 Å². The highest BCUT2D eigenvalue weighted by Crippen LogP contribution is 2.51. The predicted octanol–water partition coefficient (Wildman–Crippen LogP) is 15.7. The Morgan fingerprint density at radius 1 is 0.476 bits per heavy atom. The number of rotatable bonds is 3. The van der Waals surface area contributed by atoms with Gasteiger partial charge in [0.15, 0.2) is 0 Å². The molecule has 8 aromatic rings. The lowest BCUT2D eigenvalue weighted by Crippen LogP contribution is -2.61. The van der Waals surface area contributed by atoms with Crippen LogP contribution in [0.4, 0.5) is 33.4 Å². The molecule has 0 spiro atoms. The second kappa shape index (κ2) is 14.2. The summed E-state index contributed by atoms with van der Waals surface area (Å²) >= 11 is 3.81. The van der Waals surface area contributed by atoms with Crippen LogP contribution in [0.2, 0.25) is 0 Å². The van der Waals surface area contributed by atoms with Crippen LogP contribution >= 0.6 is 22.7 Å². The van der Waals surface area contributed by atoms with Crippen LogP contribution in [0.3, 0.4) is 0 Å².